The third-order valence-corrected chi connectivity index (χ3v) is 2.82. The SMILES string of the molecule is CN(Cc1cccc(F)c1)Cc1ccc(Br)o1. The van der Waals surface area contributed by atoms with Crippen LogP contribution in [-0.4, -0.2) is 11.9 Å². The molecule has 4 heteroatoms. The Labute approximate surface area is 108 Å². The third kappa shape index (κ3) is 3.68. The maximum absolute atomic E-state index is 13.0. The maximum atomic E-state index is 13.0. The van der Waals surface area contributed by atoms with Crippen molar-refractivity contribution in [1.29, 1.82) is 0 Å². The highest BCUT2D eigenvalue weighted by atomic mass is 79.9. The van der Waals surface area contributed by atoms with E-state index in [9.17, 15) is 4.39 Å². The van der Waals surface area contributed by atoms with Crippen molar-refractivity contribution in [3.05, 3.63) is 58.2 Å². The lowest BCUT2D eigenvalue weighted by molar-refractivity contribution is 0.285. The fraction of sp³-hybridized carbons (Fsp3) is 0.231. The molecule has 90 valence electrons. The summed E-state index contributed by atoms with van der Waals surface area (Å²) >= 11 is 3.26. The second kappa shape index (κ2) is 5.47. The average Bonchev–Trinajstić information content (AvgIpc) is 2.63. The van der Waals surface area contributed by atoms with Gasteiger partial charge in [-0.05, 0) is 52.8 Å². The molecule has 0 aliphatic rings. The Hall–Kier alpha value is -1.13. The van der Waals surface area contributed by atoms with E-state index in [1.807, 2.05) is 25.2 Å². The number of hydrogen-bond acceptors (Lipinski definition) is 2. The van der Waals surface area contributed by atoms with Gasteiger partial charge in [0.1, 0.15) is 11.6 Å². The molecule has 0 spiro atoms. The number of rotatable bonds is 4. The predicted molar refractivity (Wildman–Crippen MR) is 68.0 cm³/mol. The molecular weight excluding hydrogens is 285 g/mol. The van der Waals surface area contributed by atoms with Crippen LogP contribution in [0.2, 0.25) is 0 Å². The van der Waals surface area contributed by atoms with E-state index in [1.54, 1.807) is 12.1 Å². The molecule has 0 radical (unpaired) electrons. The Kier molecular flexibility index (Phi) is 3.97. The van der Waals surface area contributed by atoms with E-state index in [1.165, 1.54) is 6.07 Å². The normalized spacial score (nSPS) is 11.1. The Morgan fingerprint density at radius 1 is 1.24 bits per heavy atom. The van der Waals surface area contributed by atoms with Crippen LogP contribution in [0.25, 0.3) is 0 Å². The van der Waals surface area contributed by atoms with Gasteiger partial charge in [0.15, 0.2) is 4.67 Å². The van der Waals surface area contributed by atoms with Crippen LogP contribution in [0.3, 0.4) is 0 Å². The standard InChI is InChI=1S/C13H13BrFNO/c1-16(9-12-5-6-13(14)17-12)8-10-3-2-4-11(15)7-10/h2-7H,8-9H2,1H3. The Morgan fingerprint density at radius 2 is 2.06 bits per heavy atom. The minimum atomic E-state index is -0.198. The smallest absolute Gasteiger partial charge is 0.169 e. The molecule has 0 fully saturated rings. The summed E-state index contributed by atoms with van der Waals surface area (Å²) in [6.45, 7) is 1.39. The highest BCUT2D eigenvalue weighted by molar-refractivity contribution is 9.10. The molecule has 0 bridgehead atoms. The maximum Gasteiger partial charge on any atom is 0.169 e. The van der Waals surface area contributed by atoms with Gasteiger partial charge in [-0.1, -0.05) is 12.1 Å². The van der Waals surface area contributed by atoms with Crippen LogP contribution in [0.4, 0.5) is 4.39 Å². The molecule has 0 N–H and O–H groups in total. The lowest BCUT2D eigenvalue weighted by Gasteiger charge is -2.15. The summed E-state index contributed by atoms with van der Waals surface area (Å²) in [5, 5.41) is 0. The van der Waals surface area contributed by atoms with E-state index in [0.717, 1.165) is 16.0 Å². The topological polar surface area (TPSA) is 16.4 Å². The first-order chi connectivity index (χ1) is 8.13. The highest BCUT2D eigenvalue weighted by Crippen LogP contribution is 2.16. The fourth-order valence-corrected chi connectivity index (χ4v) is 2.05. The summed E-state index contributed by atoms with van der Waals surface area (Å²) in [6, 6.07) is 10.4. The largest absolute Gasteiger partial charge is 0.453 e. The zero-order valence-corrected chi connectivity index (χ0v) is 11.1. The van der Waals surface area contributed by atoms with Crippen LogP contribution in [0, 0.1) is 5.82 Å². The van der Waals surface area contributed by atoms with Gasteiger partial charge < -0.3 is 4.42 Å². The quantitative estimate of drug-likeness (QED) is 0.853. The first kappa shape index (κ1) is 12.3. The molecule has 0 saturated carbocycles. The summed E-state index contributed by atoms with van der Waals surface area (Å²) in [5.74, 6) is 0.687. The van der Waals surface area contributed by atoms with Gasteiger partial charge in [-0.15, -0.1) is 0 Å². The Bertz CT molecular complexity index is 498. The first-order valence-corrected chi connectivity index (χ1v) is 6.10. The highest BCUT2D eigenvalue weighted by Gasteiger charge is 2.05. The fourth-order valence-electron chi connectivity index (χ4n) is 1.71. The van der Waals surface area contributed by atoms with E-state index in [0.29, 0.717) is 13.1 Å². The molecule has 0 atom stereocenters. The molecule has 1 aromatic carbocycles. The molecule has 0 unspecified atom stereocenters. The molecule has 2 rings (SSSR count). The summed E-state index contributed by atoms with van der Waals surface area (Å²) in [7, 11) is 1.97. The lowest BCUT2D eigenvalue weighted by atomic mass is 10.2. The second-order valence-electron chi connectivity index (χ2n) is 4.01. The monoisotopic (exact) mass is 297 g/mol. The number of nitrogens with zero attached hydrogens (tertiary/aromatic N) is 1. The Balaban J connectivity index is 1.95. The van der Waals surface area contributed by atoms with E-state index >= 15 is 0 Å². The molecule has 0 aliphatic heterocycles. The van der Waals surface area contributed by atoms with Gasteiger partial charge >= 0.3 is 0 Å². The molecule has 2 nitrogen and oxygen atoms in total. The number of hydrogen-bond donors (Lipinski definition) is 0. The van der Waals surface area contributed by atoms with Crippen LogP contribution in [0.1, 0.15) is 11.3 Å². The van der Waals surface area contributed by atoms with Gasteiger partial charge in [-0.2, -0.15) is 0 Å². The van der Waals surface area contributed by atoms with Crippen LogP contribution >= 0.6 is 15.9 Å². The summed E-state index contributed by atoms with van der Waals surface area (Å²) in [6.07, 6.45) is 0. The van der Waals surface area contributed by atoms with Crippen molar-refractivity contribution in [1.82, 2.24) is 4.90 Å². The lowest BCUT2D eigenvalue weighted by Crippen LogP contribution is -2.16. The number of halogens is 2. The summed E-state index contributed by atoms with van der Waals surface area (Å²) in [5.41, 5.74) is 0.957. The number of benzene rings is 1. The van der Waals surface area contributed by atoms with Crippen molar-refractivity contribution in [2.75, 3.05) is 7.05 Å². The minimum Gasteiger partial charge on any atom is -0.453 e. The first-order valence-electron chi connectivity index (χ1n) is 5.31. The van der Waals surface area contributed by atoms with Crippen LogP contribution in [-0.2, 0) is 13.1 Å². The van der Waals surface area contributed by atoms with Gasteiger partial charge in [0.25, 0.3) is 0 Å². The van der Waals surface area contributed by atoms with E-state index < -0.39 is 0 Å². The molecule has 1 heterocycles. The van der Waals surface area contributed by atoms with Crippen molar-refractivity contribution in [3.63, 3.8) is 0 Å². The summed E-state index contributed by atoms with van der Waals surface area (Å²) in [4.78, 5) is 2.07. The van der Waals surface area contributed by atoms with Crippen molar-refractivity contribution < 1.29 is 8.81 Å². The van der Waals surface area contributed by atoms with Crippen molar-refractivity contribution in [2.45, 2.75) is 13.1 Å². The van der Waals surface area contributed by atoms with Crippen molar-refractivity contribution in [2.24, 2.45) is 0 Å². The molecule has 2 aromatic rings. The zero-order valence-electron chi connectivity index (χ0n) is 9.49. The zero-order chi connectivity index (χ0) is 12.3. The van der Waals surface area contributed by atoms with Gasteiger partial charge in [0.05, 0.1) is 6.54 Å². The predicted octanol–water partition coefficient (Wildman–Crippen LogP) is 3.81. The van der Waals surface area contributed by atoms with Crippen LogP contribution in [0.5, 0.6) is 0 Å². The van der Waals surface area contributed by atoms with Gasteiger partial charge in [0, 0.05) is 6.54 Å². The number of furan rings is 1. The van der Waals surface area contributed by atoms with E-state index in [4.69, 9.17) is 4.42 Å². The molecule has 0 aliphatic carbocycles. The molecule has 0 amide bonds. The van der Waals surface area contributed by atoms with Crippen molar-refractivity contribution >= 4 is 15.9 Å². The van der Waals surface area contributed by atoms with Crippen molar-refractivity contribution in [3.8, 4) is 0 Å². The minimum absolute atomic E-state index is 0.198. The molecule has 17 heavy (non-hydrogen) atoms. The van der Waals surface area contributed by atoms with E-state index in [2.05, 4.69) is 20.8 Å². The third-order valence-electron chi connectivity index (χ3n) is 2.40. The van der Waals surface area contributed by atoms with Crippen LogP contribution < -0.4 is 0 Å². The molecule has 0 saturated heterocycles. The Morgan fingerprint density at radius 3 is 2.71 bits per heavy atom. The van der Waals surface area contributed by atoms with E-state index in [-0.39, 0.29) is 5.82 Å². The summed E-state index contributed by atoms with van der Waals surface area (Å²) < 4.78 is 19.1. The molecule has 1 aromatic heterocycles. The van der Waals surface area contributed by atoms with Gasteiger partial charge in [0.2, 0.25) is 0 Å². The average molecular weight is 298 g/mol. The van der Waals surface area contributed by atoms with Gasteiger partial charge in [-0.3, -0.25) is 4.90 Å². The van der Waals surface area contributed by atoms with Gasteiger partial charge in [-0.25, -0.2) is 4.39 Å². The molecular formula is C13H13BrFNO. The second-order valence-corrected chi connectivity index (χ2v) is 4.79. The van der Waals surface area contributed by atoms with Crippen LogP contribution in [0.15, 0.2) is 45.5 Å².